The van der Waals surface area contributed by atoms with Crippen LogP contribution in [0.5, 0.6) is 0 Å². The van der Waals surface area contributed by atoms with Gasteiger partial charge in [-0.1, -0.05) is 32.6 Å². The lowest BCUT2D eigenvalue weighted by Crippen LogP contribution is -2.27. The molecule has 3 nitrogen and oxygen atoms in total. The molecule has 0 aromatic carbocycles. The van der Waals surface area contributed by atoms with E-state index < -0.39 is 0 Å². The predicted octanol–water partition coefficient (Wildman–Crippen LogP) is 3.47. The van der Waals surface area contributed by atoms with Crippen LogP contribution in [0.2, 0.25) is 0 Å². The maximum atomic E-state index is 4.22. The average molecular weight is 263 g/mol. The molecular weight excluding hydrogens is 234 g/mol. The minimum absolute atomic E-state index is 0.929. The molecule has 1 aromatic rings. The molecule has 2 rings (SSSR count). The van der Waals surface area contributed by atoms with Crippen LogP contribution in [0.15, 0.2) is 18.5 Å². The number of nitrogens with zero attached hydrogens (tertiary/aromatic N) is 2. The van der Waals surface area contributed by atoms with Crippen molar-refractivity contribution >= 4 is 0 Å². The second-order valence-corrected chi connectivity index (χ2v) is 6.00. The van der Waals surface area contributed by atoms with Gasteiger partial charge >= 0.3 is 0 Å². The summed E-state index contributed by atoms with van der Waals surface area (Å²) in [5, 5.41) is 7.84. The van der Waals surface area contributed by atoms with Gasteiger partial charge in [-0.05, 0) is 50.3 Å². The van der Waals surface area contributed by atoms with Crippen molar-refractivity contribution < 1.29 is 0 Å². The topological polar surface area (TPSA) is 29.9 Å². The standard InChI is InChI=1S/C16H29N3/c1-2-5-15-6-8-16(9-7-15)14-17-10-3-12-19-13-4-11-18-19/h4,11,13,15-17H,2-3,5-10,12,14H2,1H3. The predicted molar refractivity (Wildman–Crippen MR) is 80.1 cm³/mol. The summed E-state index contributed by atoms with van der Waals surface area (Å²) in [5.74, 6) is 1.96. The van der Waals surface area contributed by atoms with Gasteiger partial charge in [0.2, 0.25) is 0 Å². The van der Waals surface area contributed by atoms with Gasteiger partial charge in [-0.3, -0.25) is 4.68 Å². The maximum Gasteiger partial charge on any atom is 0.0489 e. The number of aromatic nitrogens is 2. The van der Waals surface area contributed by atoms with E-state index in [1.165, 1.54) is 51.5 Å². The number of nitrogens with one attached hydrogen (secondary N) is 1. The first kappa shape index (κ1) is 14.6. The van der Waals surface area contributed by atoms with Crippen molar-refractivity contribution in [3.8, 4) is 0 Å². The third-order valence-electron chi connectivity index (χ3n) is 4.40. The molecule has 0 saturated heterocycles. The van der Waals surface area contributed by atoms with Crippen LogP contribution < -0.4 is 5.32 Å². The van der Waals surface area contributed by atoms with Gasteiger partial charge in [0.05, 0.1) is 0 Å². The quantitative estimate of drug-likeness (QED) is 0.728. The summed E-state index contributed by atoms with van der Waals surface area (Å²) in [5.41, 5.74) is 0. The minimum atomic E-state index is 0.929. The third-order valence-corrected chi connectivity index (χ3v) is 4.40. The number of aryl methyl sites for hydroxylation is 1. The largest absolute Gasteiger partial charge is 0.316 e. The van der Waals surface area contributed by atoms with Gasteiger partial charge < -0.3 is 5.32 Å². The average Bonchev–Trinajstić information content (AvgIpc) is 2.94. The smallest absolute Gasteiger partial charge is 0.0489 e. The van der Waals surface area contributed by atoms with Crippen LogP contribution in [-0.2, 0) is 6.54 Å². The summed E-state index contributed by atoms with van der Waals surface area (Å²) in [6.45, 7) is 5.68. The van der Waals surface area contributed by atoms with Crippen LogP contribution in [0.25, 0.3) is 0 Å². The molecule has 1 saturated carbocycles. The molecular formula is C16H29N3. The monoisotopic (exact) mass is 263 g/mol. The second-order valence-electron chi connectivity index (χ2n) is 6.00. The number of hydrogen-bond donors (Lipinski definition) is 1. The first-order chi connectivity index (χ1) is 9.38. The van der Waals surface area contributed by atoms with E-state index in [0.717, 1.165) is 24.9 Å². The molecule has 0 bridgehead atoms. The molecule has 108 valence electrons. The molecule has 1 aliphatic rings. The highest BCUT2D eigenvalue weighted by Crippen LogP contribution is 2.30. The van der Waals surface area contributed by atoms with Crippen LogP contribution in [0.4, 0.5) is 0 Å². The third kappa shape index (κ3) is 5.35. The van der Waals surface area contributed by atoms with Crippen molar-refractivity contribution in [1.29, 1.82) is 0 Å². The molecule has 1 fully saturated rings. The van der Waals surface area contributed by atoms with Gasteiger partial charge in [0.1, 0.15) is 0 Å². The van der Waals surface area contributed by atoms with E-state index in [0.29, 0.717) is 0 Å². The van der Waals surface area contributed by atoms with E-state index in [9.17, 15) is 0 Å². The molecule has 0 spiro atoms. The van der Waals surface area contributed by atoms with Crippen molar-refractivity contribution in [3.63, 3.8) is 0 Å². The van der Waals surface area contributed by atoms with Gasteiger partial charge in [-0.2, -0.15) is 5.10 Å². The fourth-order valence-corrected chi connectivity index (χ4v) is 3.24. The molecule has 0 amide bonds. The molecule has 1 aromatic heterocycles. The number of hydrogen-bond acceptors (Lipinski definition) is 2. The van der Waals surface area contributed by atoms with Crippen LogP contribution in [0, 0.1) is 11.8 Å². The van der Waals surface area contributed by atoms with Gasteiger partial charge in [-0.25, -0.2) is 0 Å². The Morgan fingerprint density at radius 3 is 2.68 bits per heavy atom. The SMILES string of the molecule is CCCC1CCC(CNCCCn2cccn2)CC1. The van der Waals surface area contributed by atoms with Crippen LogP contribution in [-0.4, -0.2) is 22.9 Å². The van der Waals surface area contributed by atoms with E-state index in [4.69, 9.17) is 0 Å². The van der Waals surface area contributed by atoms with E-state index in [1.54, 1.807) is 0 Å². The highest BCUT2D eigenvalue weighted by molar-refractivity contribution is 4.77. The Kier molecular flexibility index (Phi) is 6.42. The molecule has 0 atom stereocenters. The summed E-state index contributed by atoms with van der Waals surface area (Å²) >= 11 is 0. The van der Waals surface area contributed by atoms with E-state index in [1.807, 2.05) is 23.1 Å². The highest BCUT2D eigenvalue weighted by Gasteiger charge is 2.19. The number of rotatable bonds is 8. The molecule has 3 heteroatoms. The van der Waals surface area contributed by atoms with E-state index in [-0.39, 0.29) is 0 Å². The lowest BCUT2D eigenvalue weighted by molar-refractivity contribution is 0.256. The molecule has 0 aliphatic heterocycles. The summed E-state index contributed by atoms with van der Waals surface area (Å²) in [6, 6.07) is 1.99. The first-order valence-corrected chi connectivity index (χ1v) is 8.06. The summed E-state index contributed by atoms with van der Waals surface area (Å²) in [7, 11) is 0. The van der Waals surface area contributed by atoms with Crippen molar-refractivity contribution in [2.24, 2.45) is 11.8 Å². The van der Waals surface area contributed by atoms with Gasteiger partial charge in [0, 0.05) is 18.9 Å². The Hall–Kier alpha value is -0.830. The van der Waals surface area contributed by atoms with Crippen molar-refractivity contribution in [3.05, 3.63) is 18.5 Å². The molecule has 1 heterocycles. The van der Waals surface area contributed by atoms with Gasteiger partial charge in [-0.15, -0.1) is 0 Å². The first-order valence-electron chi connectivity index (χ1n) is 8.06. The zero-order valence-corrected chi connectivity index (χ0v) is 12.4. The zero-order chi connectivity index (χ0) is 13.3. The van der Waals surface area contributed by atoms with Crippen LogP contribution in [0.1, 0.15) is 51.9 Å². The Labute approximate surface area is 117 Å². The molecule has 1 N–H and O–H groups in total. The van der Waals surface area contributed by atoms with Crippen molar-refractivity contribution in [1.82, 2.24) is 15.1 Å². The Balaban J connectivity index is 1.48. The Morgan fingerprint density at radius 1 is 1.21 bits per heavy atom. The summed E-state index contributed by atoms with van der Waals surface area (Å²) < 4.78 is 2.01. The Bertz CT molecular complexity index is 313. The van der Waals surface area contributed by atoms with Crippen LogP contribution in [0.3, 0.4) is 0 Å². The van der Waals surface area contributed by atoms with Crippen molar-refractivity contribution in [2.45, 2.75) is 58.4 Å². The summed E-state index contributed by atoms with van der Waals surface area (Å²) in [4.78, 5) is 0. The fourth-order valence-electron chi connectivity index (χ4n) is 3.24. The summed E-state index contributed by atoms with van der Waals surface area (Å²) in [6.07, 6.45) is 13.7. The fraction of sp³-hybridized carbons (Fsp3) is 0.812. The van der Waals surface area contributed by atoms with E-state index >= 15 is 0 Å². The highest BCUT2D eigenvalue weighted by atomic mass is 15.3. The van der Waals surface area contributed by atoms with Gasteiger partial charge in [0.25, 0.3) is 0 Å². The lowest BCUT2D eigenvalue weighted by Gasteiger charge is -2.28. The minimum Gasteiger partial charge on any atom is -0.316 e. The maximum absolute atomic E-state index is 4.22. The van der Waals surface area contributed by atoms with Crippen LogP contribution >= 0.6 is 0 Å². The normalized spacial score (nSPS) is 23.6. The Morgan fingerprint density at radius 2 is 2.00 bits per heavy atom. The lowest BCUT2D eigenvalue weighted by atomic mass is 9.80. The zero-order valence-electron chi connectivity index (χ0n) is 12.4. The second kappa shape index (κ2) is 8.36. The molecule has 0 unspecified atom stereocenters. The molecule has 0 radical (unpaired) electrons. The molecule has 19 heavy (non-hydrogen) atoms. The van der Waals surface area contributed by atoms with Gasteiger partial charge in [0.15, 0.2) is 0 Å². The van der Waals surface area contributed by atoms with E-state index in [2.05, 4.69) is 17.3 Å². The molecule has 1 aliphatic carbocycles. The van der Waals surface area contributed by atoms with Crippen molar-refractivity contribution in [2.75, 3.05) is 13.1 Å².